The summed E-state index contributed by atoms with van der Waals surface area (Å²) in [6, 6.07) is 0. The van der Waals surface area contributed by atoms with E-state index in [1.807, 2.05) is 6.92 Å². The molecule has 1 N–H and O–H groups in total. The molecule has 0 aromatic rings. The summed E-state index contributed by atoms with van der Waals surface area (Å²) < 4.78 is 0. The molecule has 0 aromatic heterocycles. The van der Waals surface area contributed by atoms with Crippen LogP contribution in [0.15, 0.2) is 0 Å². The van der Waals surface area contributed by atoms with E-state index in [4.69, 9.17) is 0 Å². The molecule has 2 nitrogen and oxygen atoms in total. The van der Waals surface area contributed by atoms with E-state index in [0.717, 1.165) is 0 Å². The first-order valence-electron chi connectivity index (χ1n) is 4.61. The van der Waals surface area contributed by atoms with E-state index in [1.54, 1.807) is 0 Å². The van der Waals surface area contributed by atoms with Gasteiger partial charge in [-0.25, -0.2) is 0 Å². The van der Waals surface area contributed by atoms with Gasteiger partial charge in [-0.05, 0) is 17.8 Å². The fourth-order valence-corrected chi connectivity index (χ4v) is 3.00. The summed E-state index contributed by atoms with van der Waals surface area (Å²) in [7, 11) is 0. The van der Waals surface area contributed by atoms with Crippen molar-refractivity contribution in [3.63, 3.8) is 0 Å². The van der Waals surface area contributed by atoms with Gasteiger partial charge in [-0.2, -0.15) is 0 Å². The molecule has 0 saturated heterocycles. The predicted molar refractivity (Wildman–Crippen MR) is 45.6 cm³/mol. The summed E-state index contributed by atoms with van der Waals surface area (Å²) in [6.07, 6.45) is 1.01. The van der Waals surface area contributed by atoms with Crippen molar-refractivity contribution in [3.8, 4) is 0 Å². The zero-order chi connectivity index (χ0) is 9.15. The lowest BCUT2D eigenvalue weighted by Gasteiger charge is -2.31. The smallest absolute Gasteiger partial charge is 0.139 e. The van der Waals surface area contributed by atoms with Crippen LogP contribution in [-0.2, 0) is 4.79 Å². The van der Waals surface area contributed by atoms with Crippen LogP contribution >= 0.6 is 0 Å². The minimum Gasteiger partial charge on any atom is -0.393 e. The lowest BCUT2D eigenvalue weighted by Crippen LogP contribution is -2.32. The van der Waals surface area contributed by atoms with Gasteiger partial charge in [0.25, 0.3) is 0 Å². The fourth-order valence-electron chi connectivity index (χ4n) is 3.00. The Labute approximate surface area is 73.0 Å². The number of aliphatic hydroxyl groups excluding tert-OH is 1. The second-order valence-electron chi connectivity index (χ2n) is 5.06. The Kier molecular flexibility index (Phi) is 1.32. The quantitative estimate of drug-likeness (QED) is 0.593. The number of fused-ring (bicyclic) bond motifs is 2. The van der Waals surface area contributed by atoms with Crippen molar-refractivity contribution in [2.24, 2.45) is 16.7 Å². The monoisotopic (exact) mass is 168 g/mol. The molecule has 12 heavy (non-hydrogen) atoms. The van der Waals surface area contributed by atoms with Gasteiger partial charge in [0.05, 0.1) is 6.10 Å². The number of rotatable bonds is 0. The van der Waals surface area contributed by atoms with Gasteiger partial charge in [-0.3, -0.25) is 4.79 Å². The van der Waals surface area contributed by atoms with Crippen LogP contribution in [0.1, 0.15) is 33.6 Å². The number of aliphatic hydroxyl groups is 1. The SMILES string of the molecule is CC1(C)[C@@H]2CC(=O)[C@@]1(C)CC2O. The van der Waals surface area contributed by atoms with Crippen LogP contribution in [0.3, 0.4) is 0 Å². The highest BCUT2D eigenvalue weighted by atomic mass is 16.3. The molecule has 2 heteroatoms. The molecule has 2 saturated carbocycles. The molecule has 0 amide bonds. The van der Waals surface area contributed by atoms with Gasteiger partial charge in [0.15, 0.2) is 0 Å². The lowest BCUT2D eigenvalue weighted by atomic mass is 9.70. The zero-order valence-electron chi connectivity index (χ0n) is 7.92. The molecule has 2 fully saturated rings. The van der Waals surface area contributed by atoms with Crippen molar-refractivity contribution in [1.29, 1.82) is 0 Å². The number of Topliss-reactive ketones (excluding diaryl/α,β-unsaturated/α-hetero) is 1. The predicted octanol–water partition coefficient (Wildman–Crippen LogP) is 1.37. The molecule has 0 aromatic carbocycles. The standard InChI is InChI=1S/C10H16O2/c1-9(2)6-4-8(12)10(9,3)5-7(6)11/h6-7,11H,4-5H2,1-3H3/t6-,7?,10-/m1/s1. The average molecular weight is 168 g/mol. The molecule has 0 spiro atoms. The third kappa shape index (κ3) is 0.634. The summed E-state index contributed by atoms with van der Waals surface area (Å²) in [5, 5.41) is 9.69. The Balaban J connectivity index is 2.47. The summed E-state index contributed by atoms with van der Waals surface area (Å²) in [6.45, 7) is 6.23. The highest BCUT2D eigenvalue weighted by Gasteiger charge is 2.65. The maximum absolute atomic E-state index is 11.6. The molecule has 0 aliphatic heterocycles. The first-order valence-corrected chi connectivity index (χ1v) is 4.61. The molecular formula is C10H16O2. The van der Waals surface area contributed by atoms with Gasteiger partial charge >= 0.3 is 0 Å². The summed E-state index contributed by atoms with van der Waals surface area (Å²) >= 11 is 0. The van der Waals surface area contributed by atoms with E-state index >= 15 is 0 Å². The van der Waals surface area contributed by atoms with Gasteiger partial charge in [0.2, 0.25) is 0 Å². The van der Waals surface area contributed by atoms with Gasteiger partial charge in [-0.15, -0.1) is 0 Å². The van der Waals surface area contributed by atoms with Crippen LogP contribution in [0.2, 0.25) is 0 Å². The Morgan fingerprint density at radius 1 is 1.42 bits per heavy atom. The zero-order valence-corrected chi connectivity index (χ0v) is 7.92. The van der Waals surface area contributed by atoms with E-state index in [9.17, 15) is 9.90 Å². The molecule has 68 valence electrons. The molecule has 0 radical (unpaired) electrons. The van der Waals surface area contributed by atoms with E-state index in [1.165, 1.54) is 0 Å². The van der Waals surface area contributed by atoms with Crippen LogP contribution in [-0.4, -0.2) is 17.0 Å². The lowest BCUT2D eigenvalue weighted by molar-refractivity contribution is -0.129. The summed E-state index contributed by atoms with van der Waals surface area (Å²) in [4.78, 5) is 11.6. The second-order valence-corrected chi connectivity index (χ2v) is 5.06. The largest absolute Gasteiger partial charge is 0.393 e. The summed E-state index contributed by atoms with van der Waals surface area (Å²) in [5.41, 5.74) is -0.249. The number of carbonyl (C=O) groups is 1. The van der Waals surface area contributed by atoms with Crippen LogP contribution in [0.4, 0.5) is 0 Å². The van der Waals surface area contributed by atoms with Crippen molar-refractivity contribution in [1.82, 2.24) is 0 Å². The molecular weight excluding hydrogens is 152 g/mol. The van der Waals surface area contributed by atoms with E-state index < -0.39 is 0 Å². The highest BCUT2D eigenvalue weighted by Crippen LogP contribution is 2.63. The maximum atomic E-state index is 11.6. The highest BCUT2D eigenvalue weighted by molar-refractivity contribution is 5.89. The fraction of sp³-hybridized carbons (Fsp3) is 0.900. The van der Waals surface area contributed by atoms with Gasteiger partial charge in [0.1, 0.15) is 5.78 Å². The second kappa shape index (κ2) is 1.92. The van der Waals surface area contributed by atoms with Crippen LogP contribution in [0, 0.1) is 16.7 Å². The van der Waals surface area contributed by atoms with E-state index in [2.05, 4.69) is 13.8 Å². The molecule has 2 aliphatic rings. The first kappa shape index (κ1) is 8.24. The number of ketones is 1. The van der Waals surface area contributed by atoms with E-state index in [0.29, 0.717) is 18.6 Å². The van der Waals surface area contributed by atoms with Crippen LogP contribution in [0.25, 0.3) is 0 Å². The van der Waals surface area contributed by atoms with Crippen LogP contribution in [0.5, 0.6) is 0 Å². The molecule has 2 rings (SSSR count). The number of hydrogen-bond acceptors (Lipinski definition) is 2. The van der Waals surface area contributed by atoms with Crippen LogP contribution < -0.4 is 0 Å². The molecule has 1 unspecified atom stereocenters. The normalized spacial score (nSPS) is 50.2. The van der Waals surface area contributed by atoms with Crippen molar-refractivity contribution in [2.45, 2.75) is 39.7 Å². The van der Waals surface area contributed by atoms with Crippen molar-refractivity contribution in [2.75, 3.05) is 0 Å². The first-order chi connectivity index (χ1) is 5.39. The van der Waals surface area contributed by atoms with Crippen molar-refractivity contribution < 1.29 is 9.90 Å². The Hall–Kier alpha value is -0.370. The minimum atomic E-state index is -0.253. The molecule has 3 atom stereocenters. The number of carbonyl (C=O) groups excluding carboxylic acids is 1. The van der Waals surface area contributed by atoms with Gasteiger partial charge in [-0.1, -0.05) is 20.8 Å². The third-order valence-corrected chi connectivity index (χ3v) is 4.45. The third-order valence-electron chi connectivity index (χ3n) is 4.45. The molecule has 2 bridgehead atoms. The topological polar surface area (TPSA) is 37.3 Å². The Morgan fingerprint density at radius 2 is 2.00 bits per heavy atom. The van der Waals surface area contributed by atoms with Gasteiger partial charge in [0, 0.05) is 11.8 Å². The molecule has 2 aliphatic carbocycles. The Bertz CT molecular complexity index is 244. The summed E-state index contributed by atoms with van der Waals surface area (Å²) in [5.74, 6) is 0.554. The number of hydrogen-bond donors (Lipinski definition) is 1. The van der Waals surface area contributed by atoms with Crippen molar-refractivity contribution >= 4 is 5.78 Å². The van der Waals surface area contributed by atoms with Crippen molar-refractivity contribution in [3.05, 3.63) is 0 Å². The maximum Gasteiger partial charge on any atom is 0.139 e. The van der Waals surface area contributed by atoms with Gasteiger partial charge < -0.3 is 5.11 Å². The average Bonchev–Trinajstić information content (AvgIpc) is 2.18. The minimum absolute atomic E-state index is 0.00347. The Morgan fingerprint density at radius 3 is 2.25 bits per heavy atom. The van der Waals surface area contributed by atoms with E-state index in [-0.39, 0.29) is 22.9 Å². The molecule has 0 heterocycles.